The Morgan fingerprint density at radius 2 is 2.19 bits per heavy atom. The van der Waals surface area contributed by atoms with E-state index < -0.39 is 16.9 Å². The number of nitrogens with zero attached hydrogens (tertiary/aromatic N) is 1. The van der Waals surface area contributed by atoms with Crippen LogP contribution < -0.4 is 11.5 Å². The van der Waals surface area contributed by atoms with Crippen molar-refractivity contribution in [2.24, 2.45) is 11.5 Å². The van der Waals surface area contributed by atoms with E-state index in [0.717, 1.165) is 0 Å². The van der Waals surface area contributed by atoms with Crippen LogP contribution in [0.2, 0.25) is 5.02 Å². The zero-order valence-electron chi connectivity index (χ0n) is 8.22. The van der Waals surface area contributed by atoms with Crippen molar-refractivity contribution in [2.75, 3.05) is 0 Å². The van der Waals surface area contributed by atoms with Gasteiger partial charge in [0.15, 0.2) is 0 Å². The van der Waals surface area contributed by atoms with Crippen LogP contribution in [-0.2, 0) is 11.2 Å². The first-order valence-corrected chi connectivity index (χ1v) is 4.77. The minimum absolute atomic E-state index is 0.00773. The third kappa shape index (κ3) is 2.91. The van der Waals surface area contributed by atoms with Crippen LogP contribution in [0, 0.1) is 10.1 Å². The molecule has 0 heterocycles. The van der Waals surface area contributed by atoms with E-state index in [4.69, 9.17) is 23.1 Å². The van der Waals surface area contributed by atoms with Crippen LogP contribution in [0.4, 0.5) is 5.69 Å². The van der Waals surface area contributed by atoms with Crippen molar-refractivity contribution in [1.82, 2.24) is 0 Å². The van der Waals surface area contributed by atoms with Gasteiger partial charge in [-0.3, -0.25) is 14.9 Å². The van der Waals surface area contributed by atoms with Crippen LogP contribution in [0.1, 0.15) is 5.56 Å². The predicted octanol–water partition coefficient (Wildman–Crippen LogP) is 0.603. The van der Waals surface area contributed by atoms with E-state index in [-0.39, 0.29) is 12.1 Å². The first-order valence-electron chi connectivity index (χ1n) is 4.39. The zero-order valence-corrected chi connectivity index (χ0v) is 8.98. The SMILES string of the molecule is NC(=O)C(N)Cc1cc(Cl)ccc1[N+](=O)[O-]. The topological polar surface area (TPSA) is 112 Å². The van der Waals surface area contributed by atoms with Crippen molar-refractivity contribution in [1.29, 1.82) is 0 Å². The van der Waals surface area contributed by atoms with E-state index in [1.165, 1.54) is 18.2 Å². The molecule has 0 aliphatic rings. The molecule has 0 aromatic heterocycles. The quantitative estimate of drug-likeness (QED) is 0.596. The molecular weight excluding hydrogens is 234 g/mol. The Hall–Kier alpha value is -1.66. The zero-order chi connectivity index (χ0) is 12.3. The standard InChI is InChI=1S/C9H10ClN3O3/c10-6-1-2-8(13(15)16)5(3-6)4-7(11)9(12)14/h1-3,7H,4,11H2,(H2,12,14). The summed E-state index contributed by atoms with van der Waals surface area (Å²) >= 11 is 5.70. The molecule has 0 radical (unpaired) electrons. The number of nitro groups is 1. The van der Waals surface area contributed by atoms with Gasteiger partial charge in [-0.15, -0.1) is 0 Å². The highest BCUT2D eigenvalue weighted by atomic mass is 35.5. The maximum absolute atomic E-state index is 10.8. The smallest absolute Gasteiger partial charge is 0.272 e. The Kier molecular flexibility index (Phi) is 3.81. The van der Waals surface area contributed by atoms with Gasteiger partial charge in [0.05, 0.1) is 11.0 Å². The van der Waals surface area contributed by atoms with Gasteiger partial charge in [-0.1, -0.05) is 11.6 Å². The minimum Gasteiger partial charge on any atom is -0.368 e. The van der Waals surface area contributed by atoms with Crippen molar-refractivity contribution in [3.05, 3.63) is 38.9 Å². The number of carbonyl (C=O) groups is 1. The molecule has 0 fully saturated rings. The Morgan fingerprint density at radius 3 is 2.69 bits per heavy atom. The summed E-state index contributed by atoms with van der Waals surface area (Å²) in [6.07, 6.45) is -0.00773. The van der Waals surface area contributed by atoms with E-state index in [1.807, 2.05) is 0 Å². The summed E-state index contributed by atoms with van der Waals surface area (Å²) in [5.74, 6) is -0.714. The molecule has 1 amide bonds. The number of amides is 1. The van der Waals surface area contributed by atoms with Crippen molar-refractivity contribution in [3.63, 3.8) is 0 Å². The van der Waals surface area contributed by atoms with Crippen LogP contribution in [0.15, 0.2) is 18.2 Å². The molecule has 0 saturated carbocycles. The van der Waals surface area contributed by atoms with Gasteiger partial charge in [0.1, 0.15) is 0 Å². The second-order valence-corrected chi connectivity index (χ2v) is 3.68. The van der Waals surface area contributed by atoms with Gasteiger partial charge in [-0.05, 0) is 12.1 Å². The molecule has 0 aliphatic heterocycles. The summed E-state index contributed by atoms with van der Waals surface area (Å²) in [5, 5.41) is 11.0. The molecule has 4 N–H and O–H groups in total. The Morgan fingerprint density at radius 1 is 1.56 bits per heavy atom. The van der Waals surface area contributed by atoms with Crippen LogP contribution in [0.3, 0.4) is 0 Å². The number of halogens is 1. The number of nitrogens with two attached hydrogens (primary N) is 2. The number of primary amides is 1. The van der Waals surface area contributed by atoms with Gasteiger partial charge < -0.3 is 11.5 Å². The van der Waals surface area contributed by atoms with E-state index in [2.05, 4.69) is 0 Å². The van der Waals surface area contributed by atoms with Crippen LogP contribution in [0.25, 0.3) is 0 Å². The van der Waals surface area contributed by atoms with Gasteiger partial charge in [-0.25, -0.2) is 0 Å². The van der Waals surface area contributed by atoms with Crippen molar-refractivity contribution in [2.45, 2.75) is 12.5 Å². The number of benzene rings is 1. The molecule has 0 aliphatic carbocycles. The highest BCUT2D eigenvalue weighted by Gasteiger charge is 2.18. The van der Waals surface area contributed by atoms with Crippen molar-refractivity contribution >= 4 is 23.2 Å². The molecule has 6 nitrogen and oxygen atoms in total. The summed E-state index contributed by atoms with van der Waals surface area (Å²) in [6.45, 7) is 0. The van der Waals surface area contributed by atoms with Crippen LogP contribution in [0.5, 0.6) is 0 Å². The maximum Gasteiger partial charge on any atom is 0.272 e. The summed E-state index contributed by atoms with van der Waals surface area (Å²) < 4.78 is 0. The molecule has 0 bridgehead atoms. The lowest BCUT2D eigenvalue weighted by atomic mass is 10.0. The van der Waals surface area contributed by atoms with E-state index in [9.17, 15) is 14.9 Å². The monoisotopic (exact) mass is 243 g/mol. The first kappa shape index (κ1) is 12.4. The molecule has 0 saturated heterocycles. The van der Waals surface area contributed by atoms with Crippen molar-refractivity contribution in [3.8, 4) is 0 Å². The molecule has 1 atom stereocenters. The second kappa shape index (κ2) is 4.91. The first-order chi connectivity index (χ1) is 7.41. The van der Waals surface area contributed by atoms with Gasteiger partial charge in [-0.2, -0.15) is 0 Å². The molecule has 1 aromatic rings. The van der Waals surface area contributed by atoms with Crippen LogP contribution in [-0.4, -0.2) is 16.9 Å². The fraction of sp³-hybridized carbons (Fsp3) is 0.222. The average molecular weight is 244 g/mol. The Labute approximate surface area is 96.3 Å². The number of hydrogen-bond acceptors (Lipinski definition) is 4. The minimum atomic E-state index is -0.961. The molecule has 7 heteroatoms. The molecule has 0 spiro atoms. The summed E-state index contributed by atoms with van der Waals surface area (Å²) in [7, 11) is 0. The third-order valence-electron chi connectivity index (χ3n) is 2.04. The maximum atomic E-state index is 10.8. The summed E-state index contributed by atoms with van der Waals surface area (Å²) in [6, 6.07) is 3.12. The fourth-order valence-electron chi connectivity index (χ4n) is 1.23. The number of carbonyl (C=O) groups excluding carboxylic acids is 1. The fourth-order valence-corrected chi connectivity index (χ4v) is 1.43. The van der Waals surface area contributed by atoms with Gasteiger partial charge in [0, 0.05) is 23.1 Å². The predicted molar refractivity (Wildman–Crippen MR) is 59.0 cm³/mol. The lowest BCUT2D eigenvalue weighted by Gasteiger charge is -2.08. The average Bonchev–Trinajstić information content (AvgIpc) is 2.16. The highest BCUT2D eigenvalue weighted by Crippen LogP contribution is 2.23. The van der Waals surface area contributed by atoms with Gasteiger partial charge >= 0.3 is 0 Å². The molecule has 1 unspecified atom stereocenters. The molecule has 16 heavy (non-hydrogen) atoms. The van der Waals surface area contributed by atoms with Crippen LogP contribution >= 0.6 is 11.6 Å². The summed E-state index contributed by atoms with van der Waals surface area (Å²) in [4.78, 5) is 20.9. The highest BCUT2D eigenvalue weighted by molar-refractivity contribution is 6.30. The molecule has 1 aromatic carbocycles. The van der Waals surface area contributed by atoms with Gasteiger partial charge in [0.25, 0.3) is 5.69 Å². The normalized spacial score (nSPS) is 12.1. The number of hydrogen-bond donors (Lipinski definition) is 2. The number of nitro benzene ring substituents is 1. The van der Waals surface area contributed by atoms with E-state index in [0.29, 0.717) is 10.6 Å². The molecular formula is C9H10ClN3O3. The van der Waals surface area contributed by atoms with Crippen molar-refractivity contribution < 1.29 is 9.72 Å². The molecule has 1 rings (SSSR count). The summed E-state index contributed by atoms with van der Waals surface area (Å²) in [5.41, 5.74) is 10.6. The number of rotatable bonds is 4. The largest absolute Gasteiger partial charge is 0.368 e. The van der Waals surface area contributed by atoms with E-state index in [1.54, 1.807) is 0 Å². The lowest BCUT2D eigenvalue weighted by molar-refractivity contribution is -0.385. The lowest BCUT2D eigenvalue weighted by Crippen LogP contribution is -2.38. The molecule has 86 valence electrons. The van der Waals surface area contributed by atoms with Gasteiger partial charge in [0.2, 0.25) is 5.91 Å². The second-order valence-electron chi connectivity index (χ2n) is 3.24. The van der Waals surface area contributed by atoms with E-state index >= 15 is 0 Å². The Balaban J connectivity index is 3.05. The third-order valence-corrected chi connectivity index (χ3v) is 2.28. The Bertz CT molecular complexity index is 436.